The van der Waals surface area contributed by atoms with Gasteiger partial charge in [0, 0.05) is 29.5 Å². The van der Waals surface area contributed by atoms with Crippen molar-refractivity contribution in [3.05, 3.63) is 166 Å². The second-order valence-corrected chi connectivity index (χ2v) is 13.9. The standard InChI is InChI=1S/C25H22N2O2.C20H19NO2/c1-29-25(28)23-15-19(18-5-6-18)7-8-20(23)13-17-4-9-24-21(14-17)10-12-27(24)22-3-2-11-26-16-22;1-23-20(22)18-12-15(14-3-4-14)5-6-16(18)10-13-2-7-19-17(11-13)8-9-21-19/h2-4,7-12,14-16,18H,5-6,13H2,1H3;2,5-9,11-12,14,21H,3-4,10H2,1H3. The van der Waals surface area contributed by atoms with E-state index in [0.29, 0.717) is 29.4 Å². The van der Waals surface area contributed by atoms with Crippen LogP contribution in [0, 0.1) is 0 Å². The number of nitrogens with one attached hydrogen (secondary N) is 1. The third-order valence-electron chi connectivity index (χ3n) is 10.3. The predicted octanol–water partition coefficient (Wildman–Crippen LogP) is 9.70. The first-order valence-electron chi connectivity index (χ1n) is 18.0. The number of pyridine rings is 1. The van der Waals surface area contributed by atoms with Gasteiger partial charge in [-0.1, -0.05) is 36.4 Å². The summed E-state index contributed by atoms with van der Waals surface area (Å²) in [5.74, 6) is 0.733. The van der Waals surface area contributed by atoms with Crippen molar-refractivity contribution in [3.8, 4) is 5.69 Å². The molecule has 2 aliphatic rings. The molecule has 2 fully saturated rings. The van der Waals surface area contributed by atoms with Crippen molar-refractivity contribution < 1.29 is 19.1 Å². The number of rotatable bonds is 9. The molecule has 3 heterocycles. The van der Waals surface area contributed by atoms with Crippen LogP contribution in [-0.4, -0.2) is 40.7 Å². The van der Waals surface area contributed by atoms with Gasteiger partial charge in [0.25, 0.3) is 0 Å². The van der Waals surface area contributed by atoms with Gasteiger partial charge in [0.15, 0.2) is 0 Å². The second-order valence-electron chi connectivity index (χ2n) is 13.9. The Labute approximate surface area is 303 Å². The fourth-order valence-electron chi connectivity index (χ4n) is 7.11. The summed E-state index contributed by atoms with van der Waals surface area (Å²) < 4.78 is 12.2. The highest BCUT2D eigenvalue weighted by atomic mass is 16.5. The Balaban J connectivity index is 0.000000153. The molecular formula is C45H41N3O4. The molecule has 0 radical (unpaired) electrons. The number of esters is 2. The fraction of sp³-hybridized carbons (Fsp3) is 0.222. The largest absolute Gasteiger partial charge is 0.465 e. The van der Waals surface area contributed by atoms with Crippen molar-refractivity contribution in [1.82, 2.24) is 14.5 Å². The lowest BCUT2D eigenvalue weighted by Crippen LogP contribution is -2.07. The smallest absolute Gasteiger partial charge is 0.338 e. The number of hydrogen-bond donors (Lipinski definition) is 1. The summed E-state index contributed by atoms with van der Waals surface area (Å²) in [5.41, 5.74) is 11.6. The molecule has 2 saturated carbocycles. The number of hydrogen-bond acceptors (Lipinski definition) is 5. The monoisotopic (exact) mass is 687 g/mol. The van der Waals surface area contributed by atoms with Gasteiger partial charge in [0.1, 0.15) is 0 Å². The lowest BCUT2D eigenvalue weighted by atomic mass is 9.96. The zero-order valence-corrected chi connectivity index (χ0v) is 29.5. The normalized spacial score (nSPS) is 13.8. The van der Waals surface area contributed by atoms with Gasteiger partial charge in [0.05, 0.1) is 42.7 Å². The van der Waals surface area contributed by atoms with E-state index in [0.717, 1.165) is 34.3 Å². The van der Waals surface area contributed by atoms with Crippen molar-refractivity contribution in [2.45, 2.75) is 50.4 Å². The number of aromatic nitrogens is 3. The van der Waals surface area contributed by atoms with E-state index in [9.17, 15) is 9.59 Å². The van der Waals surface area contributed by atoms with E-state index >= 15 is 0 Å². The summed E-state index contributed by atoms with van der Waals surface area (Å²) in [6.45, 7) is 0. The van der Waals surface area contributed by atoms with E-state index < -0.39 is 0 Å². The first-order valence-corrected chi connectivity index (χ1v) is 18.0. The van der Waals surface area contributed by atoms with Gasteiger partial charge >= 0.3 is 11.9 Å². The first-order chi connectivity index (χ1) is 25.5. The third kappa shape index (κ3) is 7.12. The average molecular weight is 688 g/mol. The number of ether oxygens (including phenoxy) is 2. The Bertz CT molecular complexity index is 2400. The highest BCUT2D eigenvalue weighted by molar-refractivity contribution is 5.92. The number of benzene rings is 4. The van der Waals surface area contributed by atoms with Crippen molar-refractivity contribution in [1.29, 1.82) is 0 Å². The first kappa shape index (κ1) is 33.2. The predicted molar refractivity (Wildman–Crippen MR) is 204 cm³/mol. The summed E-state index contributed by atoms with van der Waals surface area (Å²) in [6.07, 6.45) is 14.0. The van der Waals surface area contributed by atoms with Crippen LogP contribution in [0.3, 0.4) is 0 Å². The number of methoxy groups -OCH3 is 2. The summed E-state index contributed by atoms with van der Waals surface area (Å²) in [7, 11) is 2.89. The molecule has 0 unspecified atom stereocenters. The van der Waals surface area contributed by atoms with E-state index in [1.54, 1.807) is 6.20 Å². The fourth-order valence-corrected chi connectivity index (χ4v) is 7.11. The molecule has 3 aromatic heterocycles. The van der Waals surface area contributed by atoms with Crippen molar-refractivity contribution in [3.63, 3.8) is 0 Å². The topological polar surface area (TPSA) is 86.2 Å². The van der Waals surface area contributed by atoms with Crippen LogP contribution < -0.4 is 0 Å². The van der Waals surface area contributed by atoms with Gasteiger partial charge in [-0.3, -0.25) is 4.98 Å². The number of fused-ring (bicyclic) bond motifs is 2. The van der Waals surface area contributed by atoms with E-state index in [2.05, 4.69) is 93.5 Å². The zero-order valence-electron chi connectivity index (χ0n) is 29.5. The molecule has 0 spiro atoms. The van der Waals surface area contributed by atoms with E-state index in [4.69, 9.17) is 9.47 Å². The van der Waals surface area contributed by atoms with Crippen LogP contribution in [0.15, 0.2) is 122 Å². The SMILES string of the molecule is COC(=O)c1cc(C2CC2)ccc1Cc1ccc2[nH]ccc2c1.COC(=O)c1cc(C2CC2)ccc1Cc1ccc2c(ccn2-c2cccnc2)c1. The second kappa shape index (κ2) is 14.3. The lowest BCUT2D eigenvalue weighted by molar-refractivity contribution is 0.0590. The maximum absolute atomic E-state index is 12.4. The van der Waals surface area contributed by atoms with Crippen LogP contribution in [0.25, 0.3) is 27.5 Å². The molecule has 52 heavy (non-hydrogen) atoms. The molecule has 0 aliphatic heterocycles. The third-order valence-corrected chi connectivity index (χ3v) is 10.3. The molecule has 0 amide bonds. The minimum atomic E-state index is -0.258. The molecule has 2 aliphatic carbocycles. The quantitative estimate of drug-likeness (QED) is 0.153. The lowest BCUT2D eigenvalue weighted by Gasteiger charge is -2.11. The molecule has 7 heteroatoms. The summed E-state index contributed by atoms with van der Waals surface area (Å²) >= 11 is 0. The molecule has 0 bridgehead atoms. The van der Waals surface area contributed by atoms with Crippen LogP contribution in [0.1, 0.15) is 91.6 Å². The van der Waals surface area contributed by atoms with Gasteiger partial charge < -0.3 is 19.0 Å². The molecule has 7 aromatic rings. The van der Waals surface area contributed by atoms with Gasteiger partial charge in [-0.2, -0.15) is 0 Å². The Morgan fingerprint density at radius 2 is 1.33 bits per heavy atom. The number of carbonyl (C=O) groups is 2. The molecular weight excluding hydrogens is 647 g/mol. The van der Waals surface area contributed by atoms with Gasteiger partial charge in [-0.15, -0.1) is 0 Å². The molecule has 4 aromatic carbocycles. The number of H-pyrrole nitrogens is 1. The average Bonchev–Trinajstić information content (AvgIpc) is 4.13. The zero-order chi connectivity index (χ0) is 35.6. The Hall–Kier alpha value is -5.95. The van der Waals surface area contributed by atoms with E-state index in [1.807, 2.05) is 36.7 Å². The summed E-state index contributed by atoms with van der Waals surface area (Å²) in [6, 6.07) is 33.5. The minimum Gasteiger partial charge on any atom is -0.465 e. The molecule has 0 saturated heterocycles. The van der Waals surface area contributed by atoms with Crippen LogP contribution >= 0.6 is 0 Å². The maximum Gasteiger partial charge on any atom is 0.338 e. The molecule has 0 atom stereocenters. The van der Waals surface area contributed by atoms with Crippen LogP contribution in [0.4, 0.5) is 0 Å². The van der Waals surface area contributed by atoms with Crippen LogP contribution in [0.5, 0.6) is 0 Å². The number of nitrogens with zero attached hydrogens (tertiary/aromatic N) is 2. The summed E-state index contributed by atoms with van der Waals surface area (Å²) in [4.78, 5) is 31.9. The van der Waals surface area contributed by atoms with Crippen LogP contribution in [0.2, 0.25) is 0 Å². The van der Waals surface area contributed by atoms with E-state index in [1.165, 1.54) is 72.9 Å². The Kier molecular flexibility index (Phi) is 9.16. The summed E-state index contributed by atoms with van der Waals surface area (Å²) in [5, 5.41) is 2.36. The van der Waals surface area contributed by atoms with Gasteiger partial charge in [-0.25, -0.2) is 9.59 Å². The van der Waals surface area contributed by atoms with Gasteiger partial charge in [0.2, 0.25) is 0 Å². The van der Waals surface area contributed by atoms with Gasteiger partial charge in [-0.05, 0) is 150 Å². The Morgan fingerprint density at radius 3 is 1.90 bits per heavy atom. The Morgan fingerprint density at radius 1 is 0.712 bits per heavy atom. The molecule has 260 valence electrons. The minimum absolute atomic E-state index is 0.245. The molecule has 9 rings (SSSR count). The van der Waals surface area contributed by atoms with E-state index in [-0.39, 0.29) is 11.9 Å². The van der Waals surface area contributed by atoms with Crippen LogP contribution in [-0.2, 0) is 22.3 Å². The number of aromatic amines is 1. The highest BCUT2D eigenvalue weighted by Crippen LogP contribution is 2.41. The maximum atomic E-state index is 12.4. The van der Waals surface area contributed by atoms with Crippen molar-refractivity contribution in [2.24, 2.45) is 0 Å². The van der Waals surface area contributed by atoms with Crippen molar-refractivity contribution in [2.75, 3.05) is 14.2 Å². The van der Waals surface area contributed by atoms with Crippen molar-refractivity contribution >= 4 is 33.7 Å². The number of carbonyl (C=O) groups excluding carboxylic acids is 2. The molecule has 7 nitrogen and oxygen atoms in total. The molecule has 1 N–H and O–H groups in total. The highest BCUT2D eigenvalue weighted by Gasteiger charge is 2.26.